The number of halogens is 2. The Morgan fingerprint density at radius 2 is 1.67 bits per heavy atom. The Morgan fingerprint density at radius 1 is 0.970 bits per heavy atom. The van der Waals surface area contributed by atoms with E-state index < -0.39 is 22.3 Å². The van der Waals surface area contributed by atoms with E-state index in [1.54, 1.807) is 36.4 Å². The number of rotatable bonds is 9. The Hall–Kier alpha value is -2.85. The van der Waals surface area contributed by atoms with E-state index in [4.69, 9.17) is 4.42 Å². The van der Waals surface area contributed by atoms with Crippen molar-refractivity contribution in [3.8, 4) is 11.5 Å². The lowest BCUT2D eigenvalue weighted by Gasteiger charge is -2.29. The van der Waals surface area contributed by atoms with Crippen molar-refractivity contribution in [3.63, 3.8) is 0 Å². The van der Waals surface area contributed by atoms with Gasteiger partial charge in [-0.25, -0.2) is 8.42 Å². The molecule has 7 nitrogen and oxygen atoms in total. The van der Waals surface area contributed by atoms with Crippen LogP contribution in [0.2, 0.25) is 0 Å². The van der Waals surface area contributed by atoms with Crippen LogP contribution in [-0.4, -0.2) is 48.9 Å². The standard InChI is InChI=1S/C23H26F2N4O3S/c24-21(25)23-27-26-22(32-23)19-11-9-18(10-12-19)17-29(20-7-3-1-4-8-20)33(30,31)16-15-28-13-5-2-6-14-28/h1,3-4,7-12,21H,2,5-6,13-17H2. The van der Waals surface area contributed by atoms with E-state index in [2.05, 4.69) is 15.1 Å². The molecule has 0 amide bonds. The van der Waals surface area contributed by atoms with Crippen molar-refractivity contribution in [1.82, 2.24) is 15.1 Å². The van der Waals surface area contributed by atoms with Gasteiger partial charge in [0.1, 0.15) is 0 Å². The molecule has 33 heavy (non-hydrogen) atoms. The van der Waals surface area contributed by atoms with Gasteiger partial charge in [0.2, 0.25) is 15.9 Å². The van der Waals surface area contributed by atoms with Gasteiger partial charge in [0.05, 0.1) is 18.0 Å². The molecule has 0 aliphatic carbocycles. The Kier molecular flexibility index (Phi) is 7.34. The molecule has 0 unspecified atom stereocenters. The molecular weight excluding hydrogens is 450 g/mol. The molecule has 1 aliphatic heterocycles. The highest BCUT2D eigenvalue weighted by molar-refractivity contribution is 7.92. The van der Waals surface area contributed by atoms with Gasteiger partial charge in [-0.2, -0.15) is 8.78 Å². The average molecular weight is 477 g/mol. The first-order valence-corrected chi connectivity index (χ1v) is 12.5. The van der Waals surface area contributed by atoms with Crippen molar-refractivity contribution in [1.29, 1.82) is 0 Å². The third-order valence-electron chi connectivity index (χ3n) is 5.65. The predicted octanol–water partition coefficient (Wildman–Crippen LogP) is 4.50. The largest absolute Gasteiger partial charge is 0.415 e. The molecule has 1 aromatic heterocycles. The van der Waals surface area contributed by atoms with Crippen molar-refractivity contribution >= 4 is 15.7 Å². The average Bonchev–Trinajstić information content (AvgIpc) is 3.34. The van der Waals surface area contributed by atoms with Gasteiger partial charge in [-0.1, -0.05) is 36.8 Å². The Morgan fingerprint density at radius 3 is 2.30 bits per heavy atom. The van der Waals surface area contributed by atoms with Crippen LogP contribution in [0.4, 0.5) is 14.5 Å². The zero-order chi connectivity index (χ0) is 23.3. The van der Waals surface area contributed by atoms with E-state index in [1.807, 2.05) is 18.2 Å². The molecule has 0 spiro atoms. The van der Waals surface area contributed by atoms with Crippen LogP contribution in [0.15, 0.2) is 59.0 Å². The molecule has 1 aliphatic rings. The first-order chi connectivity index (χ1) is 15.9. The lowest BCUT2D eigenvalue weighted by molar-refractivity contribution is 0.116. The molecule has 0 saturated carbocycles. The molecule has 0 N–H and O–H groups in total. The SMILES string of the molecule is O=S(=O)(CCN1CCCCC1)N(Cc1ccc(-c2nnc(C(F)F)o2)cc1)c1ccccc1. The van der Waals surface area contributed by atoms with Gasteiger partial charge in [0, 0.05) is 12.1 Å². The van der Waals surface area contributed by atoms with Crippen LogP contribution in [0.5, 0.6) is 0 Å². The first-order valence-electron chi connectivity index (χ1n) is 10.9. The smallest absolute Gasteiger partial charge is 0.314 e. The van der Waals surface area contributed by atoms with Gasteiger partial charge >= 0.3 is 6.43 Å². The maximum absolute atomic E-state index is 13.3. The van der Waals surface area contributed by atoms with E-state index in [9.17, 15) is 17.2 Å². The second-order valence-corrected chi connectivity index (χ2v) is 10.0. The third kappa shape index (κ3) is 5.94. The van der Waals surface area contributed by atoms with Crippen LogP contribution in [0.3, 0.4) is 0 Å². The summed E-state index contributed by atoms with van der Waals surface area (Å²) in [6, 6.07) is 15.8. The zero-order valence-electron chi connectivity index (χ0n) is 18.1. The number of hydrogen-bond acceptors (Lipinski definition) is 6. The van der Waals surface area contributed by atoms with E-state index in [1.165, 1.54) is 10.7 Å². The van der Waals surface area contributed by atoms with Gasteiger partial charge in [0.25, 0.3) is 5.89 Å². The summed E-state index contributed by atoms with van der Waals surface area (Å²) in [6.45, 7) is 2.53. The predicted molar refractivity (Wildman–Crippen MR) is 121 cm³/mol. The lowest BCUT2D eigenvalue weighted by atomic mass is 10.1. The van der Waals surface area contributed by atoms with Gasteiger partial charge < -0.3 is 9.32 Å². The summed E-state index contributed by atoms with van der Waals surface area (Å²) in [7, 11) is -3.57. The number of para-hydroxylation sites is 1. The van der Waals surface area contributed by atoms with Crippen LogP contribution in [-0.2, 0) is 16.6 Å². The Labute approximate surface area is 192 Å². The summed E-state index contributed by atoms with van der Waals surface area (Å²) < 4.78 is 58.5. The van der Waals surface area contributed by atoms with Crippen molar-refractivity contribution < 1.29 is 21.6 Å². The molecule has 4 rings (SSSR count). The molecule has 0 radical (unpaired) electrons. The van der Waals surface area contributed by atoms with Crippen LogP contribution in [0, 0.1) is 0 Å². The van der Waals surface area contributed by atoms with Crippen LogP contribution < -0.4 is 4.31 Å². The second kappa shape index (κ2) is 10.4. The van der Waals surface area contributed by atoms with E-state index in [0.717, 1.165) is 31.5 Å². The number of likely N-dealkylation sites (tertiary alicyclic amines) is 1. The number of nitrogens with zero attached hydrogens (tertiary/aromatic N) is 4. The molecule has 0 bridgehead atoms. The summed E-state index contributed by atoms with van der Waals surface area (Å²) in [5.74, 6) is -0.701. The molecular formula is C23H26F2N4O3S. The Balaban J connectivity index is 1.51. The lowest BCUT2D eigenvalue weighted by Crippen LogP contribution is -2.39. The maximum Gasteiger partial charge on any atom is 0.314 e. The van der Waals surface area contributed by atoms with Gasteiger partial charge in [-0.15, -0.1) is 10.2 Å². The molecule has 2 aromatic carbocycles. The van der Waals surface area contributed by atoms with Crippen molar-refractivity contribution in [3.05, 3.63) is 66.1 Å². The number of benzene rings is 2. The summed E-state index contributed by atoms with van der Waals surface area (Å²) in [6.07, 6.45) is 0.573. The third-order valence-corrected chi connectivity index (χ3v) is 7.36. The van der Waals surface area contributed by atoms with E-state index >= 15 is 0 Å². The highest BCUT2D eigenvalue weighted by Crippen LogP contribution is 2.25. The Bertz CT molecular complexity index is 1130. The van der Waals surface area contributed by atoms with Crippen molar-refractivity contribution in [2.24, 2.45) is 0 Å². The monoisotopic (exact) mass is 476 g/mol. The van der Waals surface area contributed by atoms with E-state index in [-0.39, 0.29) is 18.2 Å². The molecule has 1 fully saturated rings. The second-order valence-electron chi connectivity index (χ2n) is 8.00. The van der Waals surface area contributed by atoms with E-state index in [0.29, 0.717) is 17.8 Å². The number of hydrogen-bond donors (Lipinski definition) is 0. The summed E-state index contributed by atoms with van der Waals surface area (Å²) in [5, 5.41) is 6.98. The minimum Gasteiger partial charge on any atom is -0.415 e. The normalized spacial score (nSPS) is 15.1. The summed E-state index contributed by atoms with van der Waals surface area (Å²) >= 11 is 0. The minimum atomic E-state index is -3.57. The number of anilines is 1. The van der Waals surface area contributed by atoms with Crippen LogP contribution >= 0.6 is 0 Å². The minimum absolute atomic E-state index is 0.00841. The highest BCUT2D eigenvalue weighted by atomic mass is 32.2. The summed E-state index contributed by atoms with van der Waals surface area (Å²) in [5.41, 5.74) is 1.83. The molecule has 3 aromatic rings. The number of alkyl halides is 2. The van der Waals surface area contributed by atoms with Crippen LogP contribution in [0.25, 0.3) is 11.5 Å². The fourth-order valence-electron chi connectivity index (χ4n) is 3.84. The number of aromatic nitrogens is 2. The fourth-order valence-corrected chi connectivity index (χ4v) is 5.34. The molecule has 176 valence electrons. The molecule has 1 saturated heterocycles. The van der Waals surface area contributed by atoms with Gasteiger partial charge in [-0.05, 0) is 55.8 Å². The van der Waals surface area contributed by atoms with Gasteiger partial charge in [0.15, 0.2) is 0 Å². The van der Waals surface area contributed by atoms with Crippen molar-refractivity contribution in [2.75, 3.05) is 29.7 Å². The van der Waals surface area contributed by atoms with Crippen molar-refractivity contribution in [2.45, 2.75) is 32.2 Å². The van der Waals surface area contributed by atoms with Crippen LogP contribution in [0.1, 0.15) is 37.1 Å². The van der Waals surface area contributed by atoms with Gasteiger partial charge in [-0.3, -0.25) is 4.31 Å². The fraction of sp³-hybridized carbons (Fsp3) is 0.391. The molecule has 2 heterocycles. The highest BCUT2D eigenvalue weighted by Gasteiger charge is 2.24. The topological polar surface area (TPSA) is 79.5 Å². The maximum atomic E-state index is 13.3. The zero-order valence-corrected chi connectivity index (χ0v) is 18.9. The molecule has 10 heteroatoms. The molecule has 0 atom stereocenters. The number of sulfonamides is 1. The quantitative estimate of drug-likeness (QED) is 0.453. The number of piperidine rings is 1. The summed E-state index contributed by atoms with van der Waals surface area (Å²) in [4.78, 5) is 2.21. The first kappa shape index (κ1) is 23.3.